The number of nitrogens with one attached hydrogen (secondary N) is 2. The van der Waals surface area contributed by atoms with E-state index in [0.29, 0.717) is 12.5 Å². The van der Waals surface area contributed by atoms with Crippen LogP contribution in [0.2, 0.25) is 0 Å². The summed E-state index contributed by atoms with van der Waals surface area (Å²) in [7, 11) is 3.71. The summed E-state index contributed by atoms with van der Waals surface area (Å²) < 4.78 is 1.77. The van der Waals surface area contributed by atoms with Gasteiger partial charge in [0.25, 0.3) is 0 Å². The fourth-order valence-electron chi connectivity index (χ4n) is 3.96. The molecule has 0 spiro atoms. The zero-order chi connectivity index (χ0) is 19.3. The Hall–Kier alpha value is -2.37. The first kappa shape index (κ1) is 19.4. The van der Waals surface area contributed by atoms with Crippen molar-refractivity contribution in [2.24, 2.45) is 12.0 Å². The van der Waals surface area contributed by atoms with E-state index in [2.05, 4.69) is 63.8 Å². The Morgan fingerprint density at radius 3 is 2.44 bits per heavy atom. The molecule has 2 N–H and O–H groups in total. The molecule has 1 saturated carbocycles. The number of guanidine groups is 1. The number of benzene rings is 1. The van der Waals surface area contributed by atoms with Gasteiger partial charge in [-0.3, -0.25) is 9.67 Å². The molecular weight excluding hydrogens is 336 g/mol. The van der Waals surface area contributed by atoms with Crippen molar-refractivity contribution < 1.29 is 0 Å². The fraction of sp³-hybridized carbons (Fsp3) is 0.571. The third kappa shape index (κ3) is 4.49. The van der Waals surface area contributed by atoms with Crippen molar-refractivity contribution in [2.45, 2.75) is 57.4 Å². The molecule has 1 aliphatic carbocycles. The summed E-state index contributed by atoms with van der Waals surface area (Å²) in [6.45, 7) is 5.99. The Morgan fingerprint density at radius 2 is 1.89 bits per heavy atom. The first-order valence-corrected chi connectivity index (χ1v) is 9.92. The van der Waals surface area contributed by atoms with Crippen LogP contribution in [-0.4, -0.2) is 34.3 Å². The molecule has 3 rings (SSSR count). The molecule has 2 aromatic rings. The van der Waals surface area contributed by atoms with Gasteiger partial charge in [-0.15, -0.1) is 0 Å². The van der Waals surface area contributed by atoms with Crippen LogP contribution in [0.15, 0.2) is 35.6 Å². The van der Waals surface area contributed by atoms with Crippen LogP contribution < -0.4 is 10.6 Å². The van der Waals surface area contributed by atoms with Crippen molar-refractivity contribution in [1.29, 1.82) is 0 Å². The van der Waals surface area contributed by atoms with E-state index in [1.165, 1.54) is 36.8 Å². The topological polar surface area (TPSA) is 67.1 Å². The van der Waals surface area contributed by atoms with Crippen LogP contribution in [0.4, 0.5) is 0 Å². The molecule has 0 unspecified atom stereocenters. The van der Waals surface area contributed by atoms with E-state index in [9.17, 15) is 0 Å². The molecule has 6 heteroatoms. The van der Waals surface area contributed by atoms with Gasteiger partial charge in [0, 0.05) is 26.1 Å². The van der Waals surface area contributed by atoms with Crippen LogP contribution in [-0.2, 0) is 19.0 Å². The predicted molar refractivity (Wildman–Crippen MR) is 110 cm³/mol. The first-order chi connectivity index (χ1) is 13.0. The van der Waals surface area contributed by atoms with Gasteiger partial charge in [-0.2, -0.15) is 5.10 Å². The van der Waals surface area contributed by atoms with Crippen LogP contribution in [0.25, 0.3) is 0 Å². The number of hydrogen-bond acceptors (Lipinski definition) is 3. The second kappa shape index (κ2) is 8.55. The van der Waals surface area contributed by atoms with E-state index < -0.39 is 0 Å². The molecule has 1 fully saturated rings. The van der Waals surface area contributed by atoms with E-state index in [-0.39, 0.29) is 5.41 Å². The largest absolute Gasteiger partial charge is 0.356 e. The zero-order valence-electron chi connectivity index (χ0n) is 17.0. The Balaban J connectivity index is 1.65. The van der Waals surface area contributed by atoms with Gasteiger partial charge in [-0.05, 0) is 29.9 Å². The lowest BCUT2D eigenvalue weighted by Crippen LogP contribution is -2.44. The predicted octanol–water partition coefficient (Wildman–Crippen LogP) is 3.12. The van der Waals surface area contributed by atoms with E-state index in [1.54, 1.807) is 11.0 Å². The quantitative estimate of drug-likeness (QED) is 0.607. The minimum absolute atomic E-state index is 0.192. The minimum Gasteiger partial charge on any atom is -0.356 e. The van der Waals surface area contributed by atoms with E-state index in [0.717, 1.165) is 18.3 Å². The number of hydrogen-bond donors (Lipinski definition) is 2. The lowest BCUT2D eigenvalue weighted by Gasteiger charge is -2.31. The summed E-state index contributed by atoms with van der Waals surface area (Å²) in [5, 5.41) is 11.0. The molecule has 0 bridgehead atoms. The SMILES string of the molecule is CN=C(NCc1ncnn1C)NCC1(c2ccc(C(C)C)cc2)CCCC1. The van der Waals surface area contributed by atoms with Gasteiger partial charge in [0.2, 0.25) is 0 Å². The van der Waals surface area contributed by atoms with E-state index >= 15 is 0 Å². The standard InChI is InChI=1S/C21H32N6/c1-16(2)17-7-9-18(10-8-17)21(11-5-6-12-21)14-24-20(22-3)23-13-19-25-15-26-27(19)4/h7-10,15-16H,5-6,11-14H2,1-4H3,(H2,22,23,24). The van der Waals surface area contributed by atoms with Gasteiger partial charge < -0.3 is 10.6 Å². The molecule has 0 radical (unpaired) electrons. The molecular formula is C21H32N6. The molecule has 0 aliphatic heterocycles. The minimum atomic E-state index is 0.192. The number of aryl methyl sites for hydroxylation is 1. The molecule has 0 atom stereocenters. The highest BCUT2D eigenvalue weighted by Gasteiger charge is 2.35. The van der Waals surface area contributed by atoms with Gasteiger partial charge >= 0.3 is 0 Å². The molecule has 0 amide bonds. The van der Waals surface area contributed by atoms with Crippen molar-refractivity contribution in [3.8, 4) is 0 Å². The fourth-order valence-corrected chi connectivity index (χ4v) is 3.96. The first-order valence-electron chi connectivity index (χ1n) is 9.92. The highest BCUT2D eigenvalue weighted by molar-refractivity contribution is 5.79. The normalized spacial score (nSPS) is 16.7. The van der Waals surface area contributed by atoms with E-state index in [1.807, 2.05) is 14.1 Å². The van der Waals surface area contributed by atoms with Gasteiger partial charge in [-0.25, -0.2) is 4.98 Å². The van der Waals surface area contributed by atoms with Crippen LogP contribution in [0.3, 0.4) is 0 Å². The Morgan fingerprint density at radius 1 is 1.19 bits per heavy atom. The number of nitrogens with zero attached hydrogens (tertiary/aromatic N) is 4. The molecule has 1 heterocycles. The smallest absolute Gasteiger partial charge is 0.191 e. The summed E-state index contributed by atoms with van der Waals surface area (Å²) in [6.07, 6.45) is 6.60. The Labute approximate surface area is 162 Å². The van der Waals surface area contributed by atoms with Crippen LogP contribution >= 0.6 is 0 Å². The molecule has 1 aromatic carbocycles. The third-order valence-electron chi connectivity index (χ3n) is 5.79. The maximum Gasteiger partial charge on any atom is 0.191 e. The maximum absolute atomic E-state index is 4.38. The Bertz CT molecular complexity index is 753. The Kier molecular flexibility index (Phi) is 6.14. The van der Waals surface area contributed by atoms with Crippen molar-refractivity contribution >= 4 is 5.96 Å². The molecule has 6 nitrogen and oxygen atoms in total. The number of rotatable bonds is 6. The molecule has 27 heavy (non-hydrogen) atoms. The maximum atomic E-state index is 4.38. The van der Waals surface area contributed by atoms with Crippen molar-refractivity contribution in [1.82, 2.24) is 25.4 Å². The summed E-state index contributed by atoms with van der Waals surface area (Å²) in [6, 6.07) is 9.25. The highest BCUT2D eigenvalue weighted by atomic mass is 15.3. The monoisotopic (exact) mass is 368 g/mol. The van der Waals surface area contributed by atoms with Crippen LogP contribution in [0.1, 0.15) is 62.4 Å². The van der Waals surface area contributed by atoms with Gasteiger partial charge in [-0.1, -0.05) is 51.0 Å². The lowest BCUT2D eigenvalue weighted by atomic mass is 9.78. The van der Waals surface area contributed by atoms with Gasteiger partial charge in [0.1, 0.15) is 12.2 Å². The van der Waals surface area contributed by atoms with Gasteiger partial charge in [0.15, 0.2) is 5.96 Å². The summed E-state index contributed by atoms with van der Waals surface area (Å²) >= 11 is 0. The second-order valence-corrected chi connectivity index (χ2v) is 7.84. The summed E-state index contributed by atoms with van der Waals surface area (Å²) in [5.41, 5.74) is 3.04. The molecule has 1 aromatic heterocycles. The average Bonchev–Trinajstić information content (AvgIpc) is 3.32. The summed E-state index contributed by atoms with van der Waals surface area (Å²) in [5.74, 6) is 2.27. The summed E-state index contributed by atoms with van der Waals surface area (Å²) in [4.78, 5) is 8.63. The van der Waals surface area contributed by atoms with Crippen LogP contribution in [0.5, 0.6) is 0 Å². The third-order valence-corrected chi connectivity index (χ3v) is 5.79. The number of aliphatic imine (C=N–C) groups is 1. The molecule has 1 aliphatic rings. The van der Waals surface area contributed by atoms with Gasteiger partial charge in [0.05, 0.1) is 6.54 Å². The highest BCUT2D eigenvalue weighted by Crippen LogP contribution is 2.41. The van der Waals surface area contributed by atoms with Crippen molar-refractivity contribution in [2.75, 3.05) is 13.6 Å². The van der Waals surface area contributed by atoms with Crippen molar-refractivity contribution in [3.63, 3.8) is 0 Å². The zero-order valence-corrected chi connectivity index (χ0v) is 17.0. The number of aromatic nitrogens is 3. The molecule has 0 saturated heterocycles. The lowest BCUT2D eigenvalue weighted by molar-refractivity contribution is 0.431. The molecule has 146 valence electrons. The van der Waals surface area contributed by atoms with E-state index in [4.69, 9.17) is 0 Å². The van der Waals surface area contributed by atoms with Crippen LogP contribution in [0, 0.1) is 0 Å². The average molecular weight is 369 g/mol. The second-order valence-electron chi connectivity index (χ2n) is 7.84. The van der Waals surface area contributed by atoms with Crippen molar-refractivity contribution in [3.05, 3.63) is 47.5 Å².